The molecule has 0 bridgehead atoms. The Kier molecular flexibility index (Phi) is 4.12. The Morgan fingerprint density at radius 3 is 3.12 bits per heavy atom. The number of fused-ring (bicyclic) bond motifs is 1. The van der Waals surface area contributed by atoms with Crippen LogP contribution >= 0.6 is 27.3 Å². The molecule has 3 aromatic rings. The summed E-state index contributed by atoms with van der Waals surface area (Å²) in [7, 11) is 0. The van der Waals surface area contributed by atoms with Gasteiger partial charge in [-0.15, -0.1) is 11.3 Å². The largest absolute Gasteiger partial charge is 0.493 e. The molecule has 7 heteroatoms. The van der Waals surface area contributed by atoms with Crippen LogP contribution in [0.2, 0.25) is 0 Å². The predicted molar refractivity (Wildman–Crippen MR) is 94.3 cm³/mol. The molecule has 1 atom stereocenters. The van der Waals surface area contributed by atoms with E-state index in [9.17, 15) is 4.79 Å². The fourth-order valence-corrected chi connectivity index (χ4v) is 3.78. The highest BCUT2D eigenvalue weighted by molar-refractivity contribution is 9.10. The number of rotatable bonds is 3. The second-order valence-corrected chi connectivity index (χ2v) is 7.13. The third-order valence-corrected chi connectivity index (χ3v) is 5.14. The number of amides is 1. The fourth-order valence-electron chi connectivity index (χ4n) is 2.64. The Bertz CT molecular complexity index is 876. The molecule has 5 nitrogen and oxygen atoms in total. The lowest BCUT2D eigenvalue weighted by Gasteiger charge is -2.26. The number of nitrogens with one attached hydrogen (secondary N) is 1. The first-order chi connectivity index (χ1) is 11.7. The van der Waals surface area contributed by atoms with Gasteiger partial charge in [0.2, 0.25) is 0 Å². The van der Waals surface area contributed by atoms with Crippen LogP contribution in [0.1, 0.15) is 28.5 Å². The molecular weight excluding hydrogens is 392 g/mol. The quantitative estimate of drug-likeness (QED) is 0.701. The van der Waals surface area contributed by atoms with Crippen LogP contribution in [0.15, 0.2) is 50.9 Å². The van der Waals surface area contributed by atoms with Crippen LogP contribution in [0.5, 0.6) is 5.75 Å². The van der Waals surface area contributed by atoms with Gasteiger partial charge in [-0.05, 0) is 30.3 Å². The van der Waals surface area contributed by atoms with Crippen molar-refractivity contribution in [3.05, 3.63) is 57.7 Å². The number of halogens is 1. The topological polar surface area (TPSA) is 64.4 Å². The number of aromatic nitrogens is 1. The third-order valence-electron chi connectivity index (χ3n) is 3.79. The van der Waals surface area contributed by atoms with Gasteiger partial charge in [0.05, 0.1) is 18.9 Å². The first-order valence-corrected chi connectivity index (χ1v) is 9.10. The zero-order valence-corrected chi connectivity index (χ0v) is 14.9. The lowest BCUT2D eigenvalue weighted by Crippen LogP contribution is -2.32. The molecule has 0 radical (unpaired) electrons. The number of furan rings is 1. The number of benzene rings is 1. The van der Waals surface area contributed by atoms with Gasteiger partial charge in [0.1, 0.15) is 11.4 Å². The van der Waals surface area contributed by atoms with Gasteiger partial charge < -0.3 is 14.5 Å². The van der Waals surface area contributed by atoms with Crippen molar-refractivity contribution in [1.82, 2.24) is 10.3 Å². The summed E-state index contributed by atoms with van der Waals surface area (Å²) in [6.45, 7) is 0.578. The highest BCUT2D eigenvalue weighted by Crippen LogP contribution is 2.34. The van der Waals surface area contributed by atoms with Crippen LogP contribution in [0.4, 0.5) is 0 Å². The summed E-state index contributed by atoms with van der Waals surface area (Å²) >= 11 is 4.85. The fraction of sp³-hybridized carbons (Fsp3) is 0.176. The van der Waals surface area contributed by atoms with Gasteiger partial charge in [0.25, 0.3) is 5.91 Å². The molecule has 1 N–H and O–H groups in total. The minimum absolute atomic E-state index is 0.0903. The van der Waals surface area contributed by atoms with E-state index in [-0.39, 0.29) is 11.9 Å². The zero-order chi connectivity index (χ0) is 16.5. The van der Waals surface area contributed by atoms with Gasteiger partial charge >= 0.3 is 0 Å². The smallest absolute Gasteiger partial charge is 0.271 e. The molecule has 0 spiro atoms. The lowest BCUT2D eigenvalue weighted by atomic mass is 10.0. The molecule has 0 saturated heterocycles. The molecule has 3 heterocycles. The number of carbonyl (C=O) groups is 1. The Morgan fingerprint density at radius 2 is 2.29 bits per heavy atom. The minimum atomic E-state index is -0.193. The lowest BCUT2D eigenvalue weighted by molar-refractivity contribution is 0.0920. The molecule has 1 amide bonds. The molecule has 0 saturated carbocycles. The number of hydrogen-bond donors (Lipinski definition) is 1. The number of hydrogen-bond acceptors (Lipinski definition) is 5. The maximum atomic E-state index is 12.5. The Balaban J connectivity index is 1.54. The van der Waals surface area contributed by atoms with E-state index in [1.807, 2.05) is 24.3 Å². The van der Waals surface area contributed by atoms with Crippen molar-refractivity contribution in [2.45, 2.75) is 12.5 Å². The molecular formula is C17H13BrN2O3S. The summed E-state index contributed by atoms with van der Waals surface area (Å²) < 4.78 is 11.9. The van der Waals surface area contributed by atoms with E-state index in [4.69, 9.17) is 9.15 Å². The Morgan fingerprint density at radius 1 is 1.38 bits per heavy atom. The standard InChI is InChI=1S/C17H13BrN2O3S/c18-10-3-4-14-11(8-10)12(5-7-23-14)19-16(21)13-9-24-17(20-13)15-2-1-6-22-15/h1-4,6,8-9,12H,5,7H2,(H,19,21). The molecule has 1 aromatic carbocycles. The number of thiazole rings is 1. The van der Waals surface area contributed by atoms with Crippen molar-refractivity contribution in [3.63, 3.8) is 0 Å². The van der Waals surface area contributed by atoms with Crippen molar-refractivity contribution in [2.24, 2.45) is 0 Å². The summed E-state index contributed by atoms with van der Waals surface area (Å²) in [4.78, 5) is 16.9. The van der Waals surface area contributed by atoms with Crippen molar-refractivity contribution in [3.8, 4) is 16.5 Å². The van der Waals surface area contributed by atoms with E-state index in [0.717, 1.165) is 22.2 Å². The number of nitrogens with zero attached hydrogens (tertiary/aromatic N) is 1. The molecule has 122 valence electrons. The van der Waals surface area contributed by atoms with Crippen LogP contribution in [-0.4, -0.2) is 17.5 Å². The predicted octanol–water partition coefficient (Wildman–Crippen LogP) is 4.42. The first kappa shape index (κ1) is 15.4. The van der Waals surface area contributed by atoms with Gasteiger partial charge in [-0.3, -0.25) is 4.79 Å². The van der Waals surface area contributed by atoms with E-state index < -0.39 is 0 Å². The summed E-state index contributed by atoms with van der Waals surface area (Å²) in [5, 5.41) is 5.49. The second-order valence-electron chi connectivity index (χ2n) is 5.36. The van der Waals surface area contributed by atoms with E-state index in [2.05, 4.69) is 26.2 Å². The third kappa shape index (κ3) is 2.97. The molecule has 24 heavy (non-hydrogen) atoms. The van der Waals surface area contributed by atoms with Crippen LogP contribution < -0.4 is 10.1 Å². The first-order valence-electron chi connectivity index (χ1n) is 7.43. The highest BCUT2D eigenvalue weighted by Gasteiger charge is 2.24. The van der Waals surface area contributed by atoms with Crippen molar-refractivity contribution in [1.29, 1.82) is 0 Å². The molecule has 2 aromatic heterocycles. The van der Waals surface area contributed by atoms with Gasteiger partial charge in [0, 0.05) is 21.8 Å². The van der Waals surface area contributed by atoms with E-state index in [1.165, 1.54) is 11.3 Å². The van der Waals surface area contributed by atoms with E-state index in [0.29, 0.717) is 23.1 Å². The highest BCUT2D eigenvalue weighted by atomic mass is 79.9. The van der Waals surface area contributed by atoms with Crippen LogP contribution in [0.25, 0.3) is 10.8 Å². The zero-order valence-electron chi connectivity index (χ0n) is 12.5. The van der Waals surface area contributed by atoms with Gasteiger partial charge in [-0.25, -0.2) is 4.98 Å². The van der Waals surface area contributed by atoms with E-state index >= 15 is 0 Å². The molecule has 0 aliphatic carbocycles. The van der Waals surface area contributed by atoms with Crippen LogP contribution in [0, 0.1) is 0 Å². The van der Waals surface area contributed by atoms with Crippen molar-refractivity contribution >= 4 is 33.2 Å². The van der Waals surface area contributed by atoms with Crippen molar-refractivity contribution < 1.29 is 13.9 Å². The molecule has 1 unspecified atom stereocenters. The maximum Gasteiger partial charge on any atom is 0.271 e. The summed E-state index contributed by atoms with van der Waals surface area (Å²) in [6.07, 6.45) is 2.32. The maximum absolute atomic E-state index is 12.5. The van der Waals surface area contributed by atoms with Gasteiger partial charge in [-0.2, -0.15) is 0 Å². The molecule has 4 rings (SSSR count). The molecule has 1 aliphatic rings. The Labute approximate surface area is 150 Å². The summed E-state index contributed by atoms with van der Waals surface area (Å²) in [5.74, 6) is 1.28. The SMILES string of the molecule is O=C(NC1CCOc2ccc(Br)cc21)c1csc(-c2ccco2)n1. The van der Waals surface area contributed by atoms with Crippen LogP contribution in [0.3, 0.4) is 0 Å². The van der Waals surface area contributed by atoms with Gasteiger partial charge in [-0.1, -0.05) is 15.9 Å². The van der Waals surface area contributed by atoms with E-state index in [1.54, 1.807) is 17.7 Å². The monoisotopic (exact) mass is 404 g/mol. The normalized spacial score (nSPS) is 16.3. The van der Waals surface area contributed by atoms with Gasteiger partial charge in [0.15, 0.2) is 10.8 Å². The van der Waals surface area contributed by atoms with Crippen LogP contribution in [-0.2, 0) is 0 Å². The number of ether oxygens (including phenoxy) is 1. The Hall–Kier alpha value is -2.12. The minimum Gasteiger partial charge on any atom is -0.493 e. The molecule has 1 aliphatic heterocycles. The number of carbonyl (C=O) groups excluding carboxylic acids is 1. The average Bonchev–Trinajstić information content (AvgIpc) is 3.26. The van der Waals surface area contributed by atoms with Crippen molar-refractivity contribution in [2.75, 3.05) is 6.61 Å². The average molecular weight is 405 g/mol. The second kappa shape index (κ2) is 6.41. The molecule has 0 fully saturated rings. The summed E-state index contributed by atoms with van der Waals surface area (Å²) in [6, 6.07) is 9.36. The summed E-state index contributed by atoms with van der Waals surface area (Å²) in [5.41, 5.74) is 1.37.